The molecule has 0 fully saturated rings. The van der Waals surface area contributed by atoms with E-state index in [9.17, 15) is 0 Å². The van der Waals surface area contributed by atoms with E-state index in [0.29, 0.717) is 22.1 Å². The number of hydrogen-bond donors (Lipinski definition) is 2. The fourth-order valence-corrected chi connectivity index (χ4v) is 3.13. The Kier molecular flexibility index (Phi) is 5.39. The van der Waals surface area contributed by atoms with E-state index in [1.54, 1.807) is 24.3 Å². The van der Waals surface area contributed by atoms with E-state index in [4.69, 9.17) is 27.3 Å². The maximum absolute atomic E-state index is 8.96. The minimum absolute atomic E-state index is 0.0000333. The minimum atomic E-state index is 0.0000333. The lowest BCUT2D eigenvalue weighted by molar-refractivity contribution is 0.318. The summed E-state index contributed by atoms with van der Waals surface area (Å²) in [4.78, 5) is 0.855. The van der Waals surface area contributed by atoms with Crippen molar-refractivity contribution in [2.75, 3.05) is 6.26 Å². The Morgan fingerprint density at radius 3 is 2.71 bits per heavy atom. The number of benzene rings is 2. The second-order valence-electron chi connectivity index (χ2n) is 4.00. The largest absolute Gasteiger partial charge is 0.455 e. The molecular weight excluding hydrogens is 376 g/mol. The lowest BCUT2D eigenvalue weighted by Crippen LogP contribution is -2.15. The second-order valence-corrected chi connectivity index (χ2v) is 6.13. The minimum Gasteiger partial charge on any atom is -0.455 e. The molecule has 0 amide bonds. The van der Waals surface area contributed by atoms with Crippen molar-refractivity contribution in [3.8, 4) is 11.5 Å². The van der Waals surface area contributed by atoms with Gasteiger partial charge in [-0.2, -0.15) is 0 Å². The number of rotatable bonds is 4. The van der Waals surface area contributed by atoms with Crippen LogP contribution in [0.4, 0.5) is 0 Å². The van der Waals surface area contributed by atoms with Crippen LogP contribution >= 0.6 is 39.3 Å². The first-order chi connectivity index (χ1) is 10.1. The summed E-state index contributed by atoms with van der Waals surface area (Å²) in [6.45, 7) is 0. The number of ether oxygens (including phenoxy) is 1. The third-order valence-electron chi connectivity index (χ3n) is 2.69. The van der Waals surface area contributed by atoms with Crippen LogP contribution in [0.1, 0.15) is 5.56 Å². The van der Waals surface area contributed by atoms with Crippen molar-refractivity contribution in [3.05, 3.63) is 51.5 Å². The van der Waals surface area contributed by atoms with Crippen LogP contribution in [0.15, 0.2) is 50.9 Å². The molecule has 2 aromatic carbocycles. The topological polar surface area (TPSA) is 67.8 Å². The Morgan fingerprint density at radius 1 is 1.33 bits per heavy atom. The summed E-state index contributed by atoms with van der Waals surface area (Å²) in [6.07, 6.45) is 1.91. The standard InChI is InChI=1S/C14H12BrClN2O2S/c1-21-12-4-2-3-11(13(12)14(17)18-19)20-10-6-5-8(16)7-9(10)15/h2-7,19H,1H3,(H2,17,18). The van der Waals surface area contributed by atoms with E-state index in [0.717, 1.165) is 9.37 Å². The van der Waals surface area contributed by atoms with E-state index in [-0.39, 0.29) is 5.84 Å². The quantitative estimate of drug-likeness (QED) is 0.262. The summed E-state index contributed by atoms with van der Waals surface area (Å²) in [7, 11) is 0. The van der Waals surface area contributed by atoms with Crippen LogP contribution < -0.4 is 10.5 Å². The van der Waals surface area contributed by atoms with Gasteiger partial charge in [-0.1, -0.05) is 22.8 Å². The first-order valence-corrected chi connectivity index (χ1v) is 8.24. The highest BCUT2D eigenvalue weighted by atomic mass is 79.9. The zero-order valence-electron chi connectivity index (χ0n) is 11.0. The van der Waals surface area contributed by atoms with Gasteiger partial charge in [0.05, 0.1) is 10.0 Å². The average Bonchev–Trinajstić information content (AvgIpc) is 2.49. The van der Waals surface area contributed by atoms with E-state index >= 15 is 0 Å². The molecule has 21 heavy (non-hydrogen) atoms. The molecule has 7 heteroatoms. The van der Waals surface area contributed by atoms with Gasteiger partial charge in [0.15, 0.2) is 5.84 Å². The summed E-state index contributed by atoms with van der Waals surface area (Å²) >= 11 is 10.8. The van der Waals surface area contributed by atoms with Crippen molar-refractivity contribution < 1.29 is 9.94 Å². The maximum atomic E-state index is 8.96. The van der Waals surface area contributed by atoms with Gasteiger partial charge in [0.1, 0.15) is 11.5 Å². The molecule has 0 saturated carbocycles. The average molecular weight is 388 g/mol. The van der Waals surface area contributed by atoms with Crippen LogP contribution in [0.5, 0.6) is 11.5 Å². The molecule has 0 aliphatic carbocycles. The molecule has 2 aromatic rings. The van der Waals surface area contributed by atoms with Crippen LogP contribution in [-0.2, 0) is 0 Å². The number of nitrogens with two attached hydrogens (primary N) is 1. The molecule has 4 nitrogen and oxygen atoms in total. The lowest BCUT2D eigenvalue weighted by Gasteiger charge is -2.14. The van der Waals surface area contributed by atoms with Gasteiger partial charge in [0, 0.05) is 9.92 Å². The van der Waals surface area contributed by atoms with Crippen molar-refractivity contribution in [2.45, 2.75) is 4.90 Å². The predicted molar refractivity (Wildman–Crippen MR) is 90.0 cm³/mol. The summed E-state index contributed by atoms with van der Waals surface area (Å²) in [5.74, 6) is 1.09. The van der Waals surface area contributed by atoms with Crippen molar-refractivity contribution >= 4 is 45.1 Å². The Morgan fingerprint density at radius 2 is 2.10 bits per heavy atom. The summed E-state index contributed by atoms with van der Waals surface area (Å²) in [5.41, 5.74) is 6.31. The van der Waals surface area contributed by atoms with E-state index in [2.05, 4.69) is 21.1 Å². The summed E-state index contributed by atoms with van der Waals surface area (Å²) in [5, 5.41) is 12.6. The molecule has 0 atom stereocenters. The number of nitrogens with zero attached hydrogens (tertiary/aromatic N) is 1. The van der Waals surface area contributed by atoms with Gasteiger partial charge in [0.2, 0.25) is 0 Å². The first-order valence-electron chi connectivity index (χ1n) is 5.84. The summed E-state index contributed by atoms with van der Waals surface area (Å²) < 4.78 is 6.59. The Hall–Kier alpha value is -1.37. The van der Waals surface area contributed by atoms with Gasteiger partial charge in [-0.3, -0.25) is 0 Å². The molecule has 0 radical (unpaired) electrons. The van der Waals surface area contributed by atoms with Crippen molar-refractivity contribution in [2.24, 2.45) is 10.9 Å². The summed E-state index contributed by atoms with van der Waals surface area (Å²) in [6, 6.07) is 10.7. The van der Waals surface area contributed by atoms with Crippen LogP contribution in [-0.4, -0.2) is 17.3 Å². The van der Waals surface area contributed by atoms with Crippen LogP contribution in [0, 0.1) is 0 Å². The molecule has 0 saturated heterocycles. The molecular formula is C14H12BrClN2O2S. The zero-order valence-corrected chi connectivity index (χ0v) is 14.2. The SMILES string of the molecule is CSc1cccc(Oc2ccc(Cl)cc2Br)c1/C(N)=N/O. The molecule has 0 aromatic heterocycles. The van der Waals surface area contributed by atoms with E-state index < -0.39 is 0 Å². The maximum Gasteiger partial charge on any atom is 0.175 e. The van der Waals surface area contributed by atoms with Crippen molar-refractivity contribution in [3.63, 3.8) is 0 Å². The molecule has 0 unspecified atom stereocenters. The molecule has 2 rings (SSSR count). The van der Waals surface area contributed by atoms with Gasteiger partial charge < -0.3 is 15.7 Å². The van der Waals surface area contributed by atoms with Gasteiger partial charge in [0.25, 0.3) is 0 Å². The second kappa shape index (κ2) is 7.06. The predicted octanol–water partition coefficient (Wildman–Crippen LogP) is 4.71. The third kappa shape index (κ3) is 3.64. The number of halogens is 2. The molecule has 0 aliphatic rings. The number of amidine groups is 1. The number of hydrogen-bond acceptors (Lipinski definition) is 4. The smallest absolute Gasteiger partial charge is 0.175 e. The zero-order chi connectivity index (χ0) is 15.4. The Bertz CT molecular complexity index is 695. The highest BCUT2D eigenvalue weighted by Gasteiger charge is 2.15. The van der Waals surface area contributed by atoms with Crippen LogP contribution in [0.2, 0.25) is 5.02 Å². The van der Waals surface area contributed by atoms with Gasteiger partial charge in [-0.15, -0.1) is 11.8 Å². The fourth-order valence-electron chi connectivity index (χ4n) is 1.75. The van der Waals surface area contributed by atoms with Crippen molar-refractivity contribution in [1.82, 2.24) is 0 Å². The third-order valence-corrected chi connectivity index (χ3v) is 4.32. The monoisotopic (exact) mass is 386 g/mol. The molecule has 110 valence electrons. The molecule has 3 N–H and O–H groups in total. The van der Waals surface area contributed by atoms with Gasteiger partial charge in [-0.25, -0.2) is 0 Å². The van der Waals surface area contributed by atoms with E-state index in [1.165, 1.54) is 11.8 Å². The molecule has 0 aliphatic heterocycles. The van der Waals surface area contributed by atoms with Gasteiger partial charge >= 0.3 is 0 Å². The lowest BCUT2D eigenvalue weighted by atomic mass is 10.2. The number of thioether (sulfide) groups is 1. The van der Waals surface area contributed by atoms with Crippen LogP contribution in [0.3, 0.4) is 0 Å². The highest BCUT2D eigenvalue weighted by Crippen LogP contribution is 2.36. The van der Waals surface area contributed by atoms with E-state index in [1.807, 2.05) is 18.4 Å². The highest BCUT2D eigenvalue weighted by molar-refractivity contribution is 9.10. The Labute approximate surface area is 140 Å². The molecule has 0 spiro atoms. The Balaban J connectivity index is 2.49. The number of oxime groups is 1. The normalized spacial score (nSPS) is 11.5. The molecule has 0 heterocycles. The fraction of sp³-hybridized carbons (Fsp3) is 0.0714. The van der Waals surface area contributed by atoms with Gasteiger partial charge in [-0.05, 0) is 52.5 Å². The molecule has 0 bridgehead atoms. The first kappa shape index (κ1) is 16.0. The van der Waals surface area contributed by atoms with Crippen LogP contribution in [0.25, 0.3) is 0 Å². The van der Waals surface area contributed by atoms with Crippen molar-refractivity contribution in [1.29, 1.82) is 0 Å².